The monoisotopic (exact) mass is 285 g/mol. The lowest BCUT2D eigenvalue weighted by Gasteiger charge is -2.29. The highest BCUT2D eigenvalue weighted by Crippen LogP contribution is 2.19. The van der Waals surface area contributed by atoms with Crippen molar-refractivity contribution in [3.05, 3.63) is 5.28 Å². The summed E-state index contributed by atoms with van der Waals surface area (Å²) in [5.74, 6) is 1.27. The molecule has 7 heteroatoms. The number of nitrogens with zero attached hydrogens (tertiary/aromatic N) is 5. The zero-order chi connectivity index (χ0) is 13.8. The third-order valence-electron chi connectivity index (χ3n) is 3.10. The van der Waals surface area contributed by atoms with Crippen molar-refractivity contribution >= 4 is 23.5 Å². The minimum absolute atomic E-state index is 0.241. The van der Waals surface area contributed by atoms with E-state index in [2.05, 4.69) is 45.5 Å². The first kappa shape index (κ1) is 14.3. The fourth-order valence-electron chi connectivity index (χ4n) is 2.10. The molecule has 106 valence electrons. The van der Waals surface area contributed by atoms with Gasteiger partial charge in [0.2, 0.25) is 17.2 Å². The van der Waals surface area contributed by atoms with Crippen LogP contribution in [0.3, 0.4) is 0 Å². The van der Waals surface area contributed by atoms with Gasteiger partial charge in [-0.05, 0) is 32.4 Å². The van der Waals surface area contributed by atoms with Gasteiger partial charge in [-0.25, -0.2) is 0 Å². The molecule has 0 N–H and O–H groups in total. The number of anilines is 2. The van der Waals surface area contributed by atoms with Crippen molar-refractivity contribution in [2.75, 3.05) is 42.6 Å². The molecule has 0 atom stereocenters. The van der Waals surface area contributed by atoms with Crippen molar-refractivity contribution < 1.29 is 4.74 Å². The van der Waals surface area contributed by atoms with Gasteiger partial charge in [-0.3, -0.25) is 0 Å². The van der Waals surface area contributed by atoms with Gasteiger partial charge >= 0.3 is 0 Å². The summed E-state index contributed by atoms with van der Waals surface area (Å²) in [5.41, 5.74) is 0. The molecule has 2 heterocycles. The van der Waals surface area contributed by atoms with Crippen molar-refractivity contribution in [2.45, 2.75) is 26.8 Å². The standard InChI is InChI=1S/C12H20ClN5O/c1-4-18(9(2)3)12-15-10(13)14-11(16-12)17-5-7-19-8-6-17/h9H,4-8H2,1-3H3. The van der Waals surface area contributed by atoms with Gasteiger partial charge in [0, 0.05) is 25.7 Å². The summed E-state index contributed by atoms with van der Waals surface area (Å²) in [6, 6.07) is 0.320. The van der Waals surface area contributed by atoms with E-state index < -0.39 is 0 Å². The van der Waals surface area contributed by atoms with Crippen molar-refractivity contribution in [1.29, 1.82) is 0 Å². The molecule has 0 unspecified atom stereocenters. The number of hydrogen-bond donors (Lipinski definition) is 0. The first-order chi connectivity index (χ1) is 9.11. The Kier molecular flexibility index (Phi) is 4.76. The van der Waals surface area contributed by atoms with Crippen molar-refractivity contribution in [1.82, 2.24) is 15.0 Å². The Morgan fingerprint density at radius 1 is 1.26 bits per heavy atom. The molecule has 0 saturated carbocycles. The Balaban J connectivity index is 2.27. The van der Waals surface area contributed by atoms with Crippen LogP contribution in [0.4, 0.5) is 11.9 Å². The maximum absolute atomic E-state index is 6.03. The van der Waals surface area contributed by atoms with Crippen LogP contribution in [0.5, 0.6) is 0 Å². The largest absolute Gasteiger partial charge is 0.378 e. The van der Waals surface area contributed by atoms with Crippen LogP contribution in [0.15, 0.2) is 0 Å². The highest BCUT2D eigenvalue weighted by Gasteiger charge is 2.19. The molecule has 0 amide bonds. The molecule has 19 heavy (non-hydrogen) atoms. The average Bonchev–Trinajstić information content (AvgIpc) is 2.39. The topological polar surface area (TPSA) is 54.4 Å². The van der Waals surface area contributed by atoms with Crippen LogP contribution >= 0.6 is 11.6 Å². The van der Waals surface area contributed by atoms with Gasteiger partial charge < -0.3 is 14.5 Å². The molecule has 2 rings (SSSR count). The SMILES string of the molecule is CCN(c1nc(Cl)nc(N2CCOCC2)n1)C(C)C. The van der Waals surface area contributed by atoms with E-state index in [1.54, 1.807) is 0 Å². The summed E-state index contributed by atoms with van der Waals surface area (Å²) in [6.07, 6.45) is 0. The van der Waals surface area contributed by atoms with E-state index in [9.17, 15) is 0 Å². The molecule has 1 saturated heterocycles. The maximum atomic E-state index is 6.03. The molecular weight excluding hydrogens is 266 g/mol. The van der Waals surface area contributed by atoms with Crippen molar-refractivity contribution in [2.24, 2.45) is 0 Å². The van der Waals surface area contributed by atoms with Crippen LogP contribution in [0.1, 0.15) is 20.8 Å². The summed E-state index contributed by atoms with van der Waals surface area (Å²) in [5, 5.41) is 0.241. The second-order valence-electron chi connectivity index (χ2n) is 4.68. The molecule has 1 aromatic rings. The molecule has 6 nitrogen and oxygen atoms in total. The third kappa shape index (κ3) is 3.45. The Hall–Kier alpha value is -1.14. The first-order valence-electron chi connectivity index (χ1n) is 6.62. The maximum Gasteiger partial charge on any atom is 0.231 e. The van der Waals surface area contributed by atoms with Gasteiger partial charge in [0.25, 0.3) is 0 Å². The quantitative estimate of drug-likeness (QED) is 0.837. The van der Waals surface area contributed by atoms with Gasteiger partial charge in [0.15, 0.2) is 0 Å². The number of rotatable bonds is 4. The Labute approximate surface area is 118 Å². The molecule has 1 aromatic heterocycles. The molecule has 0 radical (unpaired) electrons. The van der Waals surface area contributed by atoms with Crippen LogP contribution in [0.2, 0.25) is 5.28 Å². The van der Waals surface area contributed by atoms with E-state index in [-0.39, 0.29) is 5.28 Å². The number of morpholine rings is 1. The van der Waals surface area contributed by atoms with Crippen molar-refractivity contribution in [3.63, 3.8) is 0 Å². The number of aromatic nitrogens is 3. The summed E-state index contributed by atoms with van der Waals surface area (Å²) in [6.45, 7) is 10.1. The van der Waals surface area contributed by atoms with Gasteiger partial charge in [0.1, 0.15) is 0 Å². The number of hydrogen-bond acceptors (Lipinski definition) is 6. The van der Waals surface area contributed by atoms with E-state index >= 15 is 0 Å². The zero-order valence-electron chi connectivity index (χ0n) is 11.6. The normalized spacial score (nSPS) is 15.9. The molecule has 0 aliphatic carbocycles. The van der Waals surface area contributed by atoms with Gasteiger partial charge in [-0.15, -0.1) is 0 Å². The smallest absolute Gasteiger partial charge is 0.231 e. The third-order valence-corrected chi connectivity index (χ3v) is 3.27. The number of ether oxygens (including phenoxy) is 1. The molecule has 1 aliphatic rings. The van der Waals surface area contributed by atoms with Crippen LogP contribution in [-0.2, 0) is 4.74 Å². The summed E-state index contributed by atoms with van der Waals surface area (Å²) < 4.78 is 5.33. The second kappa shape index (κ2) is 6.34. The Morgan fingerprint density at radius 3 is 2.53 bits per heavy atom. The van der Waals surface area contributed by atoms with E-state index in [0.717, 1.165) is 19.6 Å². The fraction of sp³-hybridized carbons (Fsp3) is 0.750. The fourth-order valence-corrected chi connectivity index (χ4v) is 2.25. The van der Waals surface area contributed by atoms with Gasteiger partial charge in [0.05, 0.1) is 13.2 Å². The highest BCUT2D eigenvalue weighted by molar-refractivity contribution is 6.28. The van der Waals surface area contributed by atoms with Crippen LogP contribution in [-0.4, -0.2) is 53.8 Å². The first-order valence-corrected chi connectivity index (χ1v) is 7.00. The average molecular weight is 286 g/mol. The minimum Gasteiger partial charge on any atom is -0.378 e. The Bertz CT molecular complexity index is 423. The minimum atomic E-state index is 0.241. The van der Waals surface area contributed by atoms with Crippen LogP contribution < -0.4 is 9.80 Å². The second-order valence-corrected chi connectivity index (χ2v) is 5.02. The summed E-state index contributed by atoms with van der Waals surface area (Å²) >= 11 is 6.03. The molecule has 1 aliphatic heterocycles. The van der Waals surface area contributed by atoms with E-state index in [0.29, 0.717) is 31.2 Å². The molecule has 0 spiro atoms. The molecule has 0 bridgehead atoms. The highest BCUT2D eigenvalue weighted by atomic mass is 35.5. The predicted octanol–water partition coefficient (Wildman–Crippen LogP) is 1.60. The molecule has 1 fully saturated rings. The number of halogens is 1. The van der Waals surface area contributed by atoms with Crippen LogP contribution in [0.25, 0.3) is 0 Å². The van der Waals surface area contributed by atoms with Gasteiger partial charge in [-0.2, -0.15) is 15.0 Å². The summed E-state index contributed by atoms with van der Waals surface area (Å²) in [4.78, 5) is 17.2. The molecule has 0 aromatic carbocycles. The lowest BCUT2D eigenvalue weighted by atomic mass is 10.3. The van der Waals surface area contributed by atoms with E-state index in [1.807, 2.05) is 0 Å². The molecular formula is C12H20ClN5O. The van der Waals surface area contributed by atoms with Gasteiger partial charge in [-0.1, -0.05) is 0 Å². The Morgan fingerprint density at radius 2 is 1.95 bits per heavy atom. The lowest BCUT2D eigenvalue weighted by Crippen LogP contribution is -2.38. The van der Waals surface area contributed by atoms with E-state index in [1.165, 1.54) is 0 Å². The van der Waals surface area contributed by atoms with Crippen LogP contribution in [0, 0.1) is 0 Å². The zero-order valence-corrected chi connectivity index (χ0v) is 12.4. The predicted molar refractivity (Wildman–Crippen MR) is 76.0 cm³/mol. The summed E-state index contributed by atoms with van der Waals surface area (Å²) in [7, 11) is 0. The lowest BCUT2D eigenvalue weighted by molar-refractivity contribution is 0.122. The van der Waals surface area contributed by atoms with Crippen molar-refractivity contribution in [3.8, 4) is 0 Å². The van der Waals surface area contributed by atoms with E-state index in [4.69, 9.17) is 16.3 Å².